The van der Waals surface area contributed by atoms with E-state index >= 15 is 0 Å². The monoisotopic (exact) mass is 318 g/mol. The number of nitriles is 1. The van der Waals surface area contributed by atoms with E-state index in [2.05, 4.69) is 5.32 Å². The van der Waals surface area contributed by atoms with Crippen molar-refractivity contribution >= 4 is 12.0 Å². The Kier molecular flexibility index (Phi) is 6.36. The highest BCUT2D eigenvalue weighted by molar-refractivity contribution is 5.97. The Morgan fingerprint density at radius 2 is 1.88 bits per heavy atom. The maximum absolute atomic E-state index is 12.1. The number of carbonyl (C=O) groups is 1. The number of allylic oxidation sites excluding steroid dienone is 2. The van der Waals surface area contributed by atoms with Gasteiger partial charge in [-0.05, 0) is 29.3 Å². The van der Waals surface area contributed by atoms with E-state index in [1.165, 1.54) is 6.08 Å². The van der Waals surface area contributed by atoms with Crippen molar-refractivity contribution < 1.29 is 9.53 Å². The number of methoxy groups -OCH3 is 1. The van der Waals surface area contributed by atoms with Gasteiger partial charge in [0.05, 0.1) is 7.11 Å². The number of rotatable bonds is 6. The summed E-state index contributed by atoms with van der Waals surface area (Å²) in [6, 6.07) is 19.0. The average Bonchev–Trinajstić information content (AvgIpc) is 2.64. The summed E-state index contributed by atoms with van der Waals surface area (Å²) in [6.07, 6.45) is 5.05. The molecule has 0 bridgehead atoms. The van der Waals surface area contributed by atoms with Gasteiger partial charge in [0.25, 0.3) is 5.91 Å². The van der Waals surface area contributed by atoms with Crippen molar-refractivity contribution in [2.24, 2.45) is 0 Å². The lowest BCUT2D eigenvalue weighted by molar-refractivity contribution is -0.117. The molecule has 120 valence electrons. The molecule has 4 nitrogen and oxygen atoms in total. The molecular weight excluding hydrogens is 300 g/mol. The van der Waals surface area contributed by atoms with E-state index < -0.39 is 5.91 Å². The first-order chi connectivity index (χ1) is 11.7. The van der Waals surface area contributed by atoms with Crippen LogP contribution in [0, 0.1) is 11.3 Å². The fourth-order valence-electron chi connectivity index (χ4n) is 2.00. The van der Waals surface area contributed by atoms with Crippen LogP contribution in [0.4, 0.5) is 0 Å². The van der Waals surface area contributed by atoms with Crippen molar-refractivity contribution in [1.29, 1.82) is 5.26 Å². The van der Waals surface area contributed by atoms with Crippen LogP contribution in [-0.2, 0) is 11.3 Å². The van der Waals surface area contributed by atoms with Crippen molar-refractivity contribution in [1.82, 2.24) is 5.32 Å². The van der Waals surface area contributed by atoms with Crippen LogP contribution >= 0.6 is 0 Å². The fraction of sp³-hybridized carbons (Fsp3) is 0.100. The van der Waals surface area contributed by atoms with Crippen LogP contribution in [0.5, 0.6) is 5.75 Å². The number of hydrogen-bond acceptors (Lipinski definition) is 3. The lowest BCUT2D eigenvalue weighted by Gasteiger charge is -2.05. The molecule has 0 radical (unpaired) electrons. The van der Waals surface area contributed by atoms with Crippen molar-refractivity contribution in [2.75, 3.05) is 7.11 Å². The van der Waals surface area contributed by atoms with Crippen molar-refractivity contribution in [3.05, 3.63) is 83.4 Å². The van der Waals surface area contributed by atoms with E-state index in [4.69, 9.17) is 10.00 Å². The predicted molar refractivity (Wildman–Crippen MR) is 94.0 cm³/mol. The number of nitrogens with zero attached hydrogens (tertiary/aromatic N) is 1. The van der Waals surface area contributed by atoms with Crippen LogP contribution in [0.1, 0.15) is 11.1 Å². The molecule has 0 saturated carbocycles. The third kappa shape index (κ3) is 5.15. The van der Waals surface area contributed by atoms with Crippen LogP contribution in [-0.4, -0.2) is 13.0 Å². The van der Waals surface area contributed by atoms with Gasteiger partial charge in [0, 0.05) is 6.54 Å². The minimum absolute atomic E-state index is 0.0655. The molecule has 0 aliphatic heterocycles. The molecule has 0 atom stereocenters. The zero-order valence-electron chi connectivity index (χ0n) is 13.4. The third-order valence-corrected chi connectivity index (χ3v) is 3.33. The van der Waals surface area contributed by atoms with Crippen molar-refractivity contribution in [2.45, 2.75) is 6.54 Å². The third-order valence-electron chi connectivity index (χ3n) is 3.33. The lowest BCUT2D eigenvalue weighted by Crippen LogP contribution is -2.23. The van der Waals surface area contributed by atoms with E-state index in [1.54, 1.807) is 13.2 Å². The van der Waals surface area contributed by atoms with Gasteiger partial charge in [0.1, 0.15) is 17.4 Å². The highest BCUT2D eigenvalue weighted by Crippen LogP contribution is 2.11. The molecule has 1 amide bonds. The molecule has 4 heteroatoms. The van der Waals surface area contributed by atoms with E-state index in [-0.39, 0.29) is 5.57 Å². The van der Waals surface area contributed by atoms with Gasteiger partial charge < -0.3 is 10.1 Å². The zero-order valence-corrected chi connectivity index (χ0v) is 13.4. The smallest absolute Gasteiger partial charge is 0.262 e. The molecule has 0 heterocycles. The van der Waals surface area contributed by atoms with E-state index in [1.807, 2.05) is 66.7 Å². The Morgan fingerprint density at radius 3 is 2.50 bits per heavy atom. The highest BCUT2D eigenvalue weighted by Gasteiger charge is 2.07. The first-order valence-corrected chi connectivity index (χ1v) is 7.47. The Bertz CT molecular complexity index is 770. The number of carbonyl (C=O) groups excluding carboxylic acids is 1. The minimum atomic E-state index is -0.397. The summed E-state index contributed by atoms with van der Waals surface area (Å²) in [5, 5.41) is 11.9. The molecule has 2 rings (SSSR count). The quantitative estimate of drug-likeness (QED) is 0.504. The Hall–Kier alpha value is -3.32. The fourth-order valence-corrected chi connectivity index (χ4v) is 2.00. The Balaban J connectivity index is 1.94. The molecule has 2 aromatic carbocycles. The van der Waals surface area contributed by atoms with Crippen LogP contribution in [0.15, 0.2) is 72.3 Å². The number of benzene rings is 2. The van der Waals surface area contributed by atoms with Gasteiger partial charge in [0.15, 0.2) is 0 Å². The van der Waals surface area contributed by atoms with Crippen molar-refractivity contribution in [3.63, 3.8) is 0 Å². The predicted octanol–water partition coefficient (Wildman–Crippen LogP) is 3.47. The highest BCUT2D eigenvalue weighted by atomic mass is 16.5. The zero-order chi connectivity index (χ0) is 17.2. The van der Waals surface area contributed by atoms with Gasteiger partial charge in [0.2, 0.25) is 0 Å². The molecule has 0 spiro atoms. The maximum atomic E-state index is 12.1. The number of ether oxygens (including phenoxy) is 1. The summed E-state index contributed by atoms with van der Waals surface area (Å²) >= 11 is 0. The lowest BCUT2D eigenvalue weighted by atomic mass is 10.2. The molecule has 0 saturated heterocycles. The van der Waals surface area contributed by atoms with Gasteiger partial charge in [-0.15, -0.1) is 0 Å². The first-order valence-electron chi connectivity index (χ1n) is 7.47. The van der Waals surface area contributed by atoms with Gasteiger partial charge in [-0.25, -0.2) is 0 Å². The van der Waals surface area contributed by atoms with Crippen LogP contribution in [0.2, 0.25) is 0 Å². The molecule has 0 aliphatic carbocycles. The molecule has 0 unspecified atom stereocenters. The van der Waals surface area contributed by atoms with Crippen LogP contribution in [0.25, 0.3) is 6.08 Å². The minimum Gasteiger partial charge on any atom is -0.497 e. The second-order valence-electron chi connectivity index (χ2n) is 4.99. The summed E-state index contributed by atoms with van der Waals surface area (Å²) < 4.78 is 5.08. The molecule has 0 fully saturated rings. The second kappa shape index (κ2) is 8.96. The topological polar surface area (TPSA) is 62.1 Å². The van der Waals surface area contributed by atoms with Gasteiger partial charge in [-0.2, -0.15) is 5.26 Å². The number of amides is 1. The summed E-state index contributed by atoms with van der Waals surface area (Å²) in [6.45, 7) is 0.351. The molecular formula is C20H18N2O2. The van der Waals surface area contributed by atoms with Gasteiger partial charge in [-0.3, -0.25) is 4.79 Å². The summed E-state index contributed by atoms with van der Waals surface area (Å²) in [5.41, 5.74) is 2.00. The van der Waals surface area contributed by atoms with Gasteiger partial charge >= 0.3 is 0 Å². The summed E-state index contributed by atoms with van der Waals surface area (Å²) in [5.74, 6) is 0.361. The van der Waals surface area contributed by atoms with Gasteiger partial charge in [-0.1, -0.05) is 54.6 Å². The van der Waals surface area contributed by atoms with E-state index in [0.29, 0.717) is 6.54 Å². The Morgan fingerprint density at radius 1 is 1.17 bits per heavy atom. The molecule has 1 N–H and O–H groups in total. The molecule has 0 aromatic heterocycles. The van der Waals surface area contributed by atoms with Crippen LogP contribution in [0.3, 0.4) is 0 Å². The SMILES string of the molecule is COc1ccc(CNC(=O)/C(C#N)=C\C=C\c2ccccc2)cc1. The first kappa shape index (κ1) is 17.0. The normalized spacial score (nSPS) is 11.1. The average molecular weight is 318 g/mol. The largest absolute Gasteiger partial charge is 0.497 e. The standard InChI is InChI=1S/C20H18N2O2/c1-24-19-12-10-17(11-13-19)15-22-20(23)18(14-21)9-5-8-16-6-3-2-4-7-16/h2-13H,15H2,1H3,(H,22,23)/b8-5+,18-9-. The maximum Gasteiger partial charge on any atom is 0.262 e. The van der Waals surface area contributed by atoms with E-state index in [9.17, 15) is 4.79 Å². The molecule has 2 aromatic rings. The summed E-state index contributed by atoms with van der Waals surface area (Å²) in [4.78, 5) is 12.1. The molecule has 24 heavy (non-hydrogen) atoms. The number of hydrogen-bond donors (Lipinski definition) is 1. The van der Waals surface area contributed by atoms with E-state index in [0.717, 1.165) is 16.9 Å². The Labute approximate surface area is 141 Å². The summed E-state index contributed by atoms with van der Waals surface area (Å²) in [7, 11) is 1.60. The van der Waals surface area contributed by atoms with Crippen LogP contribution < -0.4 is 10.1 Å². The van der Waals surface area contributed by atoms with Crippen molar-refractivity contribution in [3.8, 4) is 11.8 Å². The molecule has 0 aliphatic rings. The number of nitrogens with one attached hydrogen (secondary N) is 1. The second-order valence-corrected chi connectivity index (χ2v) is 4.99.